The molecule has 0 atom stereocenters. The summed E-state index contributed by atoms with van der Waals surface area (Å²) in [6.07, 6.45) is 0. The van der Waals surface area contributed by atoms with E-state index in [0.29, 0.717) is 10.8 Å². The molecule has 1 aromatic carbocycles. The van der Waals surface area contributed by atoms with E-state index < -0.39 is 0 Å². The zero-order chi connectivity index (χ0) is 13.0. The molecule has 0 bridgehead atoms. The average Bonchev–Trinajstić information content (AvgIpc) is 2.27. The Hall–Kier alpha value is -0.710. The maximum atomic E-state index is 11.7. The van der Waals surface area contributed by atoms with Crippen LogP contribution in [0.4, 0.5) is 5.69 Å². The quantitative estimate of drug-likeness (QED) is 0.873. The molecule has 0 aliphatic carbocycles. The molecule has 0 aromatic heterocycles. The highest BCUT2D eigenvalue weighted by Crippen LogP contribution is 2.20. The number of benzene rings is 1. The normalized spacial score (nSPS) is 15.2. The maximum absolute atomic E-state index is 11.7. The number of nitrogens with one attached hydrogen (secondary N) is 2. The summed E-state index contributed by atoms with van der Waals surface area (Å²) in [7, 11) is 0. The van der Waals surface area contributed by atoms with Crippen LogP contribution in [0, 0.1) is 12.8 Å². The lowest BCUT2D eigenvalue weighted by Crippen LogP contribution is -2.43. The van der Waals surface area contributed by atoms with Gasteiger partial charge in [-0.2, -0.15) is 11.8 Å². The Morgan fingerprint density at radius 1 is 1.56 bits per heavy atom. The second-order valence-corrected chi connectivity index (χ2v) is 5.99. The first-order valence-electron chi connectivity index (χ1n) is 5.99. The van der Waals surface area contributed by atoms with Gasteiger partial charge in [-0.05, 0) is 49.4 Å². The molecule has 0 radical (unpaired) electrons. The first-order chi connectivity index (χ1) is 8.65. The highest BCUT2D eigenvalue weighted by Gasteiger charge is 2.16. The fraction of sp³-hybridized carbons (Fsp3) is 0.462. The van der Waals surface area contributed by atoms with Gasteiger partial charge in [-0.1, -0.05) is 17.7 Å². The minimum absolute atomic E-state index is 0.0344. The lowest BCUT2D eigenvalue weighted by molar-refractivity contribution is -0.113. The minimum Gasteiger partial charge on any atom is -0.325 e. The predicted octanol–water partition coefficient (Wildman–Crippen LogP) is 2.54. The van der Waals surface area contributed by atoms with Gasteiger partial charge in [0.15, 0.2) is 0 Å². The molecule has 1 aliphatic rings. The largest absolute Gasteiger partial charge is 0.325 e. The third kappa shape index (κ3) is 3.90. The molecule has 1 heterocycles. The van der Waals surface area contributed by atoms with Crippen LogP contribution < -0.4 is 10.6 Å². The number of rotatable bonds is 5. The van der Waals surface area contributed by atoms with E-state index in [1.807, 2.05) is 19.1 Å². The Morgan fingerprint density at radius 3 is 2.94 bits per heavy atom. The molecule has 1 saturated heterocycles. The average molecular weight is 285 g/mol. The van der Waals surface area contributed by atoms with Crippen molar-refractivity contribution in [2.24, 2.45) is 5.92 Å². The Balaban J connectivity index is 1.73. The van der Waals surface area contributed by atoms with Gasteiger partial charge in [0.1, 0.15) is 0 Å². The number of carbonyl (C=O) groups is 1. The molecule has 98 valence electrons. The van der Waals surface area contributed by atoms with E-state index >= 15 is 0 Å². The van der Waals surface area contributed by atoms with Gasteiger partial charge in [-0.25, -0.2) is 0 Å². The third-order valence-electron chi connectivity index (χ3n) is 2.91. The second kappa shape index (κ2) is 6.45. The van der Waals surface area contributed by atoms with Gasteiger partial charge in [-0.15, -0.1) is 0 Å². The van der Waals surface area contributed by atoms with Crippen LogP contribution in [0.5, 0.6) is 0 Å². The molecule has 1 aliphatic heterocycles. The smallest absolute Gasteiger partial charge is 0.234 e. The van der Waals surface area contributed by atoms with E-state index in [-0.39, 0.29) is 5.91 Å². The first-order valence-corrected chi connectivity index (χ1v) is 7.53. The van der Waals surface area contributed by atoms with Crippen molar-refractivity contribution in [3.8, 4) is 0 Å². The Kier molecular flexibility index (Phi) is 4.92. The van der Waals surface area contributed by atoms with Crippen molar-refractivity contribution in [3.63, 3.8) is 0 Å². The molecule has 3 nitrogen and oxygen atoms in total. The number of aryl methyl sites for hydroxylation is 1. The molecule has 18 heavy (non-hydrogen) atoms. The van der Waals surface area contributed by atoms with Gasteiger partial charge in [0.2, 0.25) is 5.91 Å². The van der Waals surface area contributed by atoms with Crippen LogP contribution in [0.1, 0.15) is 5.56 Å². The van der Waals surface area contributed by atoms with Crippen molar-refractivity contribution in [3.05, 3.63) is 28.8 Å². The predicted molar refractivity (Wildman–Crippen MR) is 78.5 cm³/mol. The minimum atomic E-state index is 0.0344. The van der Waals surface area contributed by atoms with Crippen molar-refractivity contribution in [2.45, 2.75) is 6.92 Å². The van der Waals surface area contributed by atoms with Gasteiger partial charge in [0.25, 0.3) is 0 Å². The Bertz CT molecular complexity index is 435. The van der Waals surface area contributed by atoms with Crippen LogP contribution >= 0.6 is 23.4 Å². The monoisotopic (exact) mass is 284 g/mol. The first kappa shape index (κ1) is 13.7. The Morgan fingerprint density at radius 2 is 2.33 bits per heavy atom. The fourth-order valence-electron chi connectivity index (χ4n) is 1.65. The molecule has 1 fully saturated rings. The maximum Gasteiger partial charge on any atom is 0.234 e. The topological polar surface area (TPSA) is 41.1 Å². The van der Waals surface area contributed by atoms with Gasteiger partial charge in [-0.3, -0.25) is 4.79 Å². The molecular weight excluding hydrogens is 268 g/mol. The lowest BCUT2D eigenvalue weighted by Gasteiger charge is -2.26. The lowest BCUT2D eigenvalue weighted by atomic mass is 10.1. The van der Waals surface area contributed by atoms with E-state index in [2.05, 4.69) is 10.6 Å². The standard InChI is InChI=1S/C13H17ClN2OS/c1-9-2-3-11(4-12(9)14)16-13(17)8-18-7-10-5-15-6-10/h2-4,10,15H,5-8H2,1H3,(H,16,17). The highest BCUT2D eigenvalue weighted by molar-refractivity contribution is 7.99. The van der Waals surface area contributed by atoms with Crippen LogP contribution in [0.2, 0.25) is 5.02 Å². The van der Waals surface area contributed by atoms with Crippen LogP contribution in [0.25, 0.3) is 0 Å². The highest BCUT2D eigenvalue weighted by atomic mass is 35.5. The van der Waals surface area contributed by atoms with Crippen molar-refractivity contribution in [1.82, 2.24) is 5.32 Å². The fourth-order valence-corrected chi connectivity index (χ4v) is 2.78. The molecule has 0 saturated carbocycles. The molecular formula is C13H17ClN2OS. The number of hydrogen-bond acceptors (Lipinski definition) is 3. The van der Waals surface area contributed by atoms with E-state index in [1.165, 1.54) is 0 Å². The molecule has 2 N–H and O–H groups in total. The summed E-state index contributed by atoms with van der Waals surface area (Å²) in [5.41, 5.74) is 1.78. The Labute approximate surface area is 117 Å². The van der Waals surface area contributed by atoms with Crippen LogP contribution in [-0.4, -0.2) is 30.5 Å². The van der Waals surface area contributed by atoms with E-state index in [4.69, 9.17) is 11.6 Å². The van der Waals surface area contributed by atoms with Crippen LogP contribution in [0.15, 0.2) is 18.2 Å². The number of carbonyl (C=O) groups excluding carboxylic acids is 1. The zero-order valence-corrected chi connectivity index (χ0v) is 11.9. The van der Waals surface area contributed by atoms with Gasteiger partial charge in [0, 0.05) is 10.7 Å². The molecule has 0 unspecified atom stereocenters. The molecule has 2 rings (SSSR count). The van der Waals surface area contributed by atoms with Crippen molar-refractivity contribution in [1.29, 1.82) is 0 Å². The number of hydrogen-bond donors (Lipinski definition) is 2. The van der Waals surface area contributed by atoms with E-state index in [9.17, 15) is 4.79 Å². The molecule has 0 spiro atoms. The molecule has 1 amide bonds. The summed E-state index contributed by atoms with van der Waals surface area (Å²) in [4.78, 5) is 11.7. The van der Waals surface area contributed by atoms with Gasteiger partial charge >= 0.3 is 0 Å². The van der Waals surface area contributed by atoms with Crippen molar-refractivity contribution < 1.29 is 4.79 Å². The summed E-state index contributed by atoms with van der Waals surface area (Å²) < 4.78 is 0. The van der Waals surface area contributed by atoms with Gasteiger partial charge in [0.05, 0.1) is 5.75 Å². The van der Waals surface area contributed by atoms with E-state index in [0.717, 1.165) is 36.0 Å². The summed E-state index contributed by atoms with van der Waals surface area (Å²) in [6.45, 7) is 4.11. The number of amides is 1. The van der Waals surface area contributed by atoms with Gasteiger partial charge < -0.3 is 10.6 Å². The van der Waals surface area contributed by atoms with E-state index in [1.54, 1.807) is 17.8 Å². The number of halogens is 1. The molecule has 5 heteroatoms. The van der Waals surface area contributed by atoms with Crippen molar-refractivity contribution >= 4 is 35.0 Å². The summed E-state index contributed by atoms with van der Waals surface area (Å²) in [5.74, 6) is 2.32. The summed E-state index contributed by atoms with van der Waals surface area (Å²) in [5, 5.41) is 6.76. The third-order valence-corrected chi connectivity index (χ3v) is 4.49. The molecule has 1 aromatic rings. The SMILES string of the molecule is Cc1ccc(NC(=O)CSCC2CNC2)cc1Cl. The number of anilines is 1. The second-order valence-electron chi connectivity index (χ2n) is 4.55. The number of thioether (sulfide) groups is 1. The van der Waals surface area contributed by atoms with Crippen molar-refractivity contribution in [2.75, 3.05) is 29.9 Å². The van der Waals surface area contributed by atoms with Crippen LogP contribution in [0.3, 0.4) is 0 Å². The zero-order valence-electron chi connectivity index (χ0n) is 10.3. The summed E-state index contributed by atoms with van der Waals surface area (Å²) >= 11 is 7.69. The summed E-state index contributed by atoms with van der Waals surface area (Å²) in [6, 6.07) is 5.57. The van der Waals surface area contributed by atoms with Crippen LogP contribution in [-0.2, 0) is 4.79 Å².